The van der Waals surface area contributed by atoms with E-state index in [-0.39, 0.29) is 24.1 Å². The van der Waals surface area contributed by atoms with Gasteiger partial charge in [-0.05, 0) is 30.7 Å². The summed E-state index contributed by atoms with van der Waals surface area (Å²) in [4.78, 5) is 18.0. The van der Waals surface area contributed by atoms with E-state index in [0.29, 0.717) is 23.9 Å². The van der Waals surface area contributed by atoms with E-state index in [1.807, 2.05) is 6.07 Å². The molecule has 0 saturated carbocycles. The van der Waals surface area contributed by atoms with Gasteiger partial charge in [-0.25, -0.2) is 4.39 Å². The number of fused-ring (bicyclic) bond motifs is 1. The summed E-state index contributed by atoms with van der Waals surface area (Å²) in [7, 11) is 0. The lowest BCUT2D eigenvalue weighted by Crippen LogP contribution is -2.32. The summed E-state index contributed by atoms with van der Waals surface area (Å²) in [5.74, 6) is 0.0567. The third kappa shape index (κ3) is 3.15. The fourth-order valence-electron chi connectivity index (χ4n) is 2.58. The molecule has 0 radical (unpaired) electrons. The Morgan fingerprint density at radius 1 is 1.39 bits per heavy atom. The number of benzene rings is 1. The van der Waals surface area contributed by atoms with Gasteiger partial charge in [-0.1, -0.05) is 12.1 Å². The molecule has 0 aliphatic carbocycles. The molecule has 1 aliphatic rings. The molecule has 0 saturated heterocycles. The van der Waals surface area contributed by atoms with Crippen LogP contribution >= 0.6 is 11.6 Å². The molecule has 4 nitrogen and oxygen atoms in total. The number of halogens is 2. The zero-order chi connectivity index (χ0) is 16.4. The fourth-order valence-corrected chi connectivity index (χ4v) is 2.72. The lowest BCUT2D eigenvalue weighted by molar-refractivity contribution is -0.116. The van der Waals surface area contributed by atoms with Crippen LogP contribution in [0.1, 0.15) is 16.7 Å². The second kappa shape index (κ2) is 6.54. The highest BCUT2D eigenvalue weighted by Crippen LogP contribution is 2.27. The number of aromatic nitrogens is 1. The lowest BCUT2D eigenvalue weighted by Gasteiger charge is -2.22. The van der Waals surface area contributed by atoms with Gasteiger partial charge in [0.15, 0.2) is 0 Å². The van der Waals surface area contributed by atoms with Crippen molar-refractivity contribution in [3.63, 3.8) is 0 Å². The van der Waals surface area contributed by atoms with Crippen LogP contribution in [0.15, 0.2) is 30.3 Å². The molecule has 2 aromatic rings. The number of anilines is 1. The van der Waals surface area contributed by atoms with Crippen molar-refractivity contribution in [3.8, 4) is 5.88 Å². The molecule has 3 rings (SSSR count). The van der Waals surface area contributed by atoms with Crippen LogP contribution in [0.3, 0.4) is 0 Å². The van der Waals surface area contributed by atoms with Gasteiger partial charge in [0.1, 0.15) is 17.5 Å². The van der Waals surface area contributed by atoms with Crippen LogP contribution in [0.2, 0.25) is 0 Å². The summed E-state index contributed by atoms with van der Waals surface area (Å²) in [5.41, 5.74) is 2.23. The Hall–Kier alpha value is -2.14. The summed E-state index contributed by atoms with van der Waals surface area (Å²) < 4.78 is 19.5. The number of aryl methyl sites for hydroxylation is 1. The van der Waals surface area contributed by atoms with Crippen LogP contribution in [0.4, 0.5) is 10.2 Å². The van der Waals surface area contributed by atoms with E-state index in [2.05, 4.69) is 4.98 Å². The van der Waals surface area contributed by atoms with Crippen molar-refractivity contribution in [1.82, 2.24) is 4.98 Å². The van der Waals surface area contributed by atoms with E-state index >= 15 is 0 Å². The lowest BCUT2D eigenvalue weighted by atomic mass is 10.1. The van der Waals surface area contributed by atoms with Crippen LogP contribution in [-0.4, -0.2) is 23.4 Å². The number of alkyl halides is 1. The largest absolute Gasteiger partial charge is 0.477 e. The Balaban J connectivity index is 1.97. The van der Waals surface area contributed by atoms with Crippen LogP contribution in [-0.2, 0) is 17.8 Å². The van der Waals surface area contributed by atoms with Crippen molar-refractivity contribution in [1.29, 1.82) is 0 Å². The highest BCUT2D eigenvalue weighted by atomic mass is 35.5. The highest BCUT2D eigenvalue weighted by molar-refractivity contribution is 6.29. The summed E-state index contributed by atoms with van der Waals surface area (Å²) in [6.07, 6.45) is 0.804. The Kier molecular flexibility index (Phi) is 4.48. The summed E-state index contributed by atoms with van der Waals surface area (Å²) in [6.45, 7) is 2.47. The van der Waals surface area contributed by atoms with Crippen molar-refractivity contribution in [2.75, 3.05) is 17.4 Å². The minimum atomic E-state index is -0.352. The minimum absolute atomic E-state index is 0.0792. The van der Waals surface area contributed by atoms with Crippen molar-refractivity contribution in [2.24, 2.45) is 0 Å². The minimum Gasteiger partial charge on any atom is -0.477 e. The van der Waals surface area contributed by atoms with Crippen LogP contribution in [0, 0.1) is 12.7 Å². The number of rotatable bonds is 4. The van der Waals surface area contributed by atoms with Gasteiger partial charge in [-0.3, -0.25) is 9.69 Å². The van der Waals surface area contributed by atoms with Crippen molar-refractivity contribution < 1.29 is 13.9 Å². The Morgan fingerprint density at radius 3 is 2.96 bits per heavy atom. The first-order valence-electron chi connectivity index (χ1n) is 7.33. The quantitative estimate of drug-likeness (QED) is 0.806. The molecule has 1 aromatic heterocycles. The molecule has 0 atom stereocenters. The molecule has 0 spiro atoms. The van der Waals surface area contributed by atoms with Crippen LogP contribution in [0.5, 0.6) is 5.88 Å². The first-order valence-corrected chi connectivity index (χ1v) is 7.86. The van der Waals surface area contributed by atoms with Gasteiger partial charge >= 0.3 is 0 Å². The van der Waals surface area contributed by atoms with E-state index in [1.54, 1.807) is 25.1 Å². The number of hydrogen-bond acceptors (Lipinski definition) is 3. The molecule has 0 bridgehead atoms. The standard InChI is InChI=1S/C17H16ClFN2O2/c1-11-3-2-4-14(19)13(11)10-21(16(22)9-18)15-6-5-12-7-8-23-17(12)20-15/h2-6H,7-10H2,1H3. The molecular formula is C17H16ClFN2O2. The average Bonchev–Trinajstić information content (AvgIpc) is 3.01. The van der Waals surface area contributed by atoms with Crippen LogP contribution in [0.25, 0.3) is 0 Å². The van der Waals surface area contributed by atoms with Crippen LogP contribution < -0.4 is 9.64 Å². The summed E-state index contributed by atoms with van der Waals surface area (Å²) >= 11 is 5.72. The third-order valence-corrected chi connectivity index (χ3v) is 4.12. The Bertz CT molecular complexity index is 731. The maximum absolute atomic E-state index is 14.1. The maximum atomic E-state index is 14.1. The number of carbonyl (C=O) groups excluding carboxylic acids is 1. The van der Waals surface area contributed by atoms with Crippen molar-refractivity contribution in [3.05, 3.63) is 52.8 Å². The maximum Gasteiger partial charge on any atom is 0.243 e. The molecule has 2 heterocycles. The summed E-state index contributed by atoms with van der Waals surface area (Å²) in [5, 5.41) is 0. The van der Waals surface area contributed by atoms with Gasteiger partial charge in [-0.15, -0.1) is 11.6 Å². The molecule has 120 valence electrons. The molecule has 23 heavy (non-hydrogen) atoms. The van der Waals surface area contributed by atoms with E-state index in [9.17, 15) is 9.18 Å². The van der Waals surface area contributed by atoms with E-state index < -0.39 is 0 Å². The third-order valence-electron chi connectivity index (χ3n) is 3.90. The molecule has 0 N–H and O–H groups in total. The Labute approximate surface area is 138 Å². The molecule has 0 unspecified atom stereocenters. The molecule has 0 fully saturated rings. The summed E-state index contributed by atoms with van der Waals surface area (Å²) in [6, 6.07) is 8.46. The second-order valence-electron chi connectivity index (χ2n) is 5.38. The highest BCUT2D eigenvalue weighted by Gasteiger charge is 2.22. The van der Waals surface area contributed by atoms with E-state index in [1.165, 1.54) is 11.0 Å². The second-order valence-corrected chi connectivity index (χ2v) is 5.65. The number of nitrogens with zero attached hydrogens (tertiary/aromatic N) is 2. The number of carbonyl (C=O) groups is 1. The predicted octanol–water partition coefficient (Wildman–Crippen LogP) is 3.24. The Morgan fingerprint density at radius 2 is 2.22 bits per heavy atom. The van der Waals surface area contributed by atoms with Gasteiger partial charge in [0.2, 0.25) is 11.8 Å². The van der Waals surface area contributed by atoms with Gasteiger partial charge in [0, 0.05) is 17.5 Å². The fraction of sp³-hybridized carbons (Fsp3) is 0.294. The molecule has 1 aromatic carbocycles. The van der Waals surface area contributed by atoms with Crippen molar-refractivity contribution in [2.45, 2.75) is 19.9 Å². The number of hydrogen-bond donors (Lipinski definition) is 0. The first-order chi connectivity index (χ1) is 11.1. The van der Waals surface area contributed by atoms with Crippen molar-refractivity contribution >= 4 is 23.3 Å². The normalized spacial score (nSPS) is 12.7. The SMILES string of the molecule is Cc1cccc(F)c1CN(C(=O)CCl)c1ccc2c(n1)OCC2. The van der Waals surface area contributed by atoms with Gasteiger partial charge in [0.05, 0.1) is 13.2 Å². The molecular weight excluding hydrogens is 319 g/mol. The first kappa shape index (κ1) is 15.7. The van der Waals surface area contributed by atoms with Gasteiger partial charge in [-0.2, -0.15) is 4.98 Å². The zero-order valence-electron chi connectivity index (χ0n) is 12.7. The smallest absolute Gasteiger partial charge is 0.243 e. The number of amides is 1. The number of ether oxygens (including phenoxy) is 1. The van der Waals surface area contributed by atoms with E-state index in [0.717, 1.165) is 17.5 Å². The zero-order valence-corrected chi connectivity index (χ0v) is 13.4. The monoisotopic (exact) mass is 334 g/mol. The molecule has 6 heteroatoms. The van der Waals surface area contributed by atoms with Gasteiger partial charge in [0.25, 0.3) is 0 Å². The number of pyridine rings is 1. The average molecular weight is 335 g/mol. The molecule has 1 amide bonds. The van der Waals surface area contributed by atoms with E-state index in [4.69, 9.17) is 16.3 Å². The topological polar surface area (TPSA) is 42.4 Å². The van der Waals surface area contributed by atoms with Gasteiger partial charge < -0.3 is 4.74 Å². The predicted molar refractivity (Wildman–Crippen MR) is 86.5 cm³/mol. The molecule has 1 aliphatic heterocycles.